The molecule has 2 aromatic carbocycles. The minimum absolute atomic E-state index is 0.227. The van der Waals surface area contributed by atoms with Crippen LogP contribution in [0.1, 0.15) is 23.1 Å². The fourth-order valence-corrected chi connectivity index (χ4v) is 4.47. The molecule has 0 radical (unpaired) electrons. The minimum Gasteiger partial charge on any atom is -0.396 e. The van der Waals surface area contributed by atoms with E-state index in [1.165, 1.54) is 16.7 Å². The molecule has 4 rings (SSSR count). The maximum atomic E-state index is 9.67. The van der Waals surface area contributed by atoms with Gasteiger partial charge in [0.15, 0.2) is 0 Å². The number of aryl methyl sites for hydroxylation is 2. The number of benzene rings is 2. The highest BCUT2D eigenvalue weighted by Crippen LogP contribution is 2.25. The lowest BCUT2D eigenvalue weighted by Crippen LogP contribution is -2.52. The zero-order valence-corrected chi connectivity index (χ0v) is 18.0. The summed E-state index contributed by atoms with van der Waals surface area (Å²) in [7, 11) is 1.99. The highest BCUT2D eigenvalue weighted by Gasteiger charge is 2.27. The van der Waals surface area contributed by atoms with Crippen molar-refractivity contribution < 1.29 is 5.11 Å². The molecule has 2 heterocycles. The summed E-state index contributed by atoms with van der Waals surface area (Å²) >= 11 is 0. The number of hydrogen-bond donors (Lipinski definition) is 1. The zero-order chi connectivity index (χ0) is 20.9. The van der Waals surface area contributed by atoms with Crippen LogP contribution in [-0.4, -0.2) is 57.0 Å². The Morgan fingerprint density at radius 3 is 2.50 bits per heavy atom. The molecule has 1 N–H and O–H groups in total. The van der Waals surface area contributed by atoms with Gasteiger partial charge in [-0.2, -0.15) is 5.10 Å². The molecule has 1 fully saturated rings. The Bertz CT molecular complexity index is 953. The normalized spacial score (nSPS) is 18.0. The summed E-state index contributed by atoms with van der Waals surface area (Å²) in [4.78, 5) is 5.05. The molecule has 1 atom stereocenters. The number of piperazine rings is 1. The van der Waals surface area contributed by atoms with Crippen LogP contribution in [0.2, 0.25) is 0 Å². The highest BCUT2D eigenvalue weighted by molar-refractivity contribution is 5.62. The first kappa shape index (κ1) is 20.8. The number of nitrogens with zero attached hydrogens (tertiary/aromatic N) is 4. The summed E-state index contributed by atoms with van der Waals surface area (Å²) in [6.45, 7) is 7.25. The van der Waals surface area contributed by atoms with E-state index in [2.05, 4.69) is 71.5 Å². The third-order valence-corrected chi connectivity index (χ3v) is 6.13. The molecule has 5 nitrogen and oxygen atoms in total. The van der Waals surface area contributed by atoms with Crippen LogP contribution < -0.4 is 0 Å². The van der Waals surface area contributed by atoms with E-state index < -0.39 is 0 Å². The van der Waals surface area contributed by atoms with Crippen LogP contribution in [-0.2, 0) is 20.1 Å². The summed E-state index contributed by atoms with van der Waals surface area (Å²) in [6, 6.07) is 19.4. The average Bonchev–Trinajstić information content (AvgIpc) is 3.12. The van der Waals surface area contributed by atoms with Crippen LogP contribution in [0.3, 0.4) is 0 Å². The quantitative estimate of drug-likeness (QED) is 0.655. The Labute approximate surface area is 179 Å². The van der Waals surface area contributed by atoms with Gasteiger partial charge in [-0.1, -0.05) is 54.6 Å². The number of hydrogen-bond acceptors (Lipinski definition) is 4. The number of rotatable bonds is 7. The molecular formula is C25H32N4O. The van der Waals surface area contributed by atoms with Crippen molar-refractivity contribution in [2.24, 2.45) is 7.05 Å². The molecule has 1 aliphatic rings. The van der Waals surface area contributed by atoms with Gasteiger partial charge >= 0.3 is 0 Å². The van der Waals surface area contributed by atoms with Crippen molar-refractivity contribution in [3.8, 4) is 11.3 Å². The molecule has 1 unspecified atom stereocenters. The van der Waals surface area contributed by atoms with E-state index in [9.17, 15) is 5.11 Å². The van der Waals surface area contributed by atoms with Gasteiger partial charge in [0.05, 0.1) is 5.69 Å². The van der Waals surface area contributed by atoms with Crippen LogP contribution in [0.4, 0.5) is 0 Å². The van der Waals surface area contributed by atoms with Gasteiger partial charge in [-0.25, -0.2) is 0 Å². The largest absolute Gasteiger partial charge is 0.396 e. The molecule has 30 heavy (non-hydrogen) atoms. The van der Waals surface area contributed by atoms with E-state index >= 15 is 0 Å². The standard InChI is InChI=1S/C25H32N4O/c1-20-8-6-7-11-22(20)18-29-14-13-28(19-24(29)12-15-30)17-23-16-27(2)26-25(23)21-9-4-3-5-10-21/h3-11,16,24,30H,12-15,17-19H2,1-2H3. The van der Waals surface area contributed by atoms with Crippen molar-refractivity contribution in [2.75, 3.05) is 26.2 Å². The number of aliphatic hydroxyl groups excluding tert-OH is 1. The third-order valence-electron chi connectivity index (χ3n) is 6.13. The molecule has 0 saturated carbocycles. The van der Waals surface area contributed by atoms with Crippen molar-refractivity contribution in [1.82, 2.24) is 19.6 Å². The van der Waals surface area contributed by atoms with Gasteiger partial charge < -0.3 is 5.11 Å². The molecule has 1 saturated heterocycles. The second kappa shape index (κ2) is 9.56. The van der Waals surface area contributed by atoms with Crippen LogP contribution in [0.25, 0.3) is 11.3 Å². The first-order chi connectivity index (χ1) is 14.6. The first-order valence-electron chi connectivity index (χ1n) is 10.8. The smallest absolute Gasteiger partial charge is 0.0968 e. The van der Waals surface area contributed by atoms with Gasteiger partial charge in [0.25, 0.3) is 0 Å². The lowest BCUT2D eigenvalue weighted by molar-refractivity contribution is 0.0499. The van der Waals surface area contributed by atoms with Crippen molar-refractivity contribution in [3.63, 3.8) is 0 Å². The van der Waals surface area contributed by atoms with E-state index in [1.54, 1.807) is 0 Å². The molecule has 0 amide bonds. The second-order valence-corrected chi connectivity index (χ2v) is 8.34. The minimum atomic E-state index is 0.227. The van der Waals surface area contributed by atoms with Gasteiger partial charge in [0.1, 0.15) is 0 Å². The van der Waals surface area contributed by atoms with E-state index in [-0.39, 0.29) is 6.61 Å². The Kier molecular flexibility index (Phi) is 6.62. The maximum Gasteiger partial charge on any atom is 0.0968 e. The molecule has 0 bridgehead atoms. The summed E-state index contributed by atoms with van der Waals surface area (Å²) in [5.74, 6) is 0. The van der Waals surface area contributed by atoms with E-state index in [0.717, 1.165) is 50.4 Å². The summed E-state index contributed by atoms with van der Waals surface area (Å²) in [5, 5.41) is 14.4. The topological polar surface area (TPSA) is 44.5 Å². The van der Waals surface area contributed by atoms with Crippen LogP contribution in [0, 0.1) is 6.92 Å². The third kappa shape index (κ3) is 4.81. The van der Waals surface area contributed by atoms with Crippen LogP contribution in [0.15, 0.2) is 60.8 Å². The summed E-state index contributed by atoms with van der Waals surface area (Å²) in [5.41, 5.74) is 6.22. The van der Waals surface area contributed by atoms with Crippen LogP contribution in [0.5, 0.6) is 0 Å². The molecule has 0 spiro atoms. The van der Waals surface area contributed by atoms with E-state index in [1.807, 2.05) is 17.8 Å². The van der Waals surface area contributed by atoms with Gasteiger partial charge in [-0.05, 0) is 24.5 Å². The molecule has 158 valence electrons. The Morgan fingerprint density at radius 1 is 0.967 bits per heavy atom. The van der Waals surface area contributed by atoms with Gasteiger partial charge in [-0.3, -0.25) is 14.5 Å². The lowest BCUT2D eigenvalue weighted by Gasteiger charge is -2.41. The fourth-order valence-electron chi connectivity index (χ4n) is 4.47. The predicted octanol–water partition coefficient (Wildman–Crippen LogP) is 3.46. The number of aromatic nitrogens is 2. The van der Waals surface area contributed by atoms with Crippen molar-refractivity contribution >= 4 is 0 Å². The summed E-state index contributed by atoms with van der Waals surface area (Å²) in [6.07, 6.45) is 2.95. The molecule has 3 aromatic rings. The van der Waals surface area contributed by atoms with Gasteiger partial charge in [0, 0.05) is 69.7 Å². The summed E-state index contributed by atoms with van der Waals surface area (Å²) < 4.78 is 1.91. The Hall–Kier alpha value is -2.47. The predicted molar refractivity (Wildman–Crippen MR) is 121 cm³/mol. The van der Waals surface area contributed by atoms with Crippen LogP contribution >= 0.6 is 0 Å². The van der Waals surface area contributed by atoms with E-state index in [4.69, 9.17) is 5.10 Å². The molecular weight excluding hydrogens is 372 g/mol. The van der Waals surface area contributed by atoms with Crippen molar-refractivity contribution in [1.29, 1.82) is 0 Å². The first-order valence-corrected chi connectivity index (χ1v) is 10.8. The molecule has 5 heteroatoms. The van der Waals surface area contributed by atoms with Gasteiger partial charge in [-0.15, -0.1) is 0 Å². The van der Waals surface area contributed by atoms with Crippen molar-refractivity contribution in [2.45, 2.75) is 32.5 Å². The molecule has 1 aromatic heterocycles. The highest BCUT2D eigenvalue weighted by atomic mass is 16.3. The monoisotopic (exact) mass is 404 g/mol. The van der Waals surface area contributed by atoms with E-state index in [0.29, 0.717) is 6.04 Å². The molecule has 1 aliphatic heterocycles. The Balaban J connectivity index is 1.47. The Morgan fingerprint density at radius 2 is 1.73 bits per heavy atom. The average molecular weight is 405 g/mol. The fraction of sp³-hybridized carbons (Fsp3) is 0.400. The maximum absolute atomic E-state index is 9.67. The van der Waals surface area contributed by atoms with Gasteiger partial charge in [0.2, 0.25) is 0 Å². The molecule has 0 aliphatic carbocycles. The lowest BCUT2D eigenvalue weighted by atomic mass is 10.0. The zero-order valence-electron chi connectivity index (χ0n) is 18.0. The SMILES string of the molecule is Cc1ccccc1CN1CCN(Cc2cn(C)nc2-c2ccccc2)CC1CCO. The van der Waals surface area contributed by atoms with Crippen molar-refractivity contribution in [3.05, 3.63) is 77.5 Å². The second-order valence-electron chi connectivity index (χ2n) is 8.34. The number of aliphatic hydroxyl groups is 1.